The van der Waals surface area contributed by atoms with E-state index in [9.17, 15) is 9.59 Å². The molecule has 3 heterocycles. The first kappa shape index (κ1) is 21.9. The Morgan fingerprint density at radius 1 is 1.19 bits per heavy atom. The third kappa shape index (κ3) is 3.74. The molecule has 0 N–H and O–H groups in total. The predicted octanol–water partition coefficient (Wildman–Crippen LogP) is 5.11. The second-order valence-electron chi connectivity index (χ2n) is 8.99. The van der Waals surface area contributed by atoms with Crippen LogP contribution in [0.4, 0.5) is 5.13 Å². The summed E-state index contributed by atoms with van der Waals surface area (Å²) >= 11 is 13.9. The van der Waals surface area contributed by atoms with E-state index in [0.29, 0.717) is 34.5 Å². The van der Waals surface area contributed by atoms with Crippen molar-refractivity contribution in [2.24, 2.45) is 11.8 Å². The molecular weight excluding hydrogens is 469 g/mol. The average molecular weight is 492 g/mol. The van der Waals surface area contributed by atoms with E-state index in [0.717, 1.165) is 23.4 Å². The summed E-state index contributed by atoms with van der Waals surface area (Å²) in [6.45, 7) is 4.22. The highest BCUT2D eigenvalue weighted by Crippen LogP contribution is 2.49. The molecule has 2 aliphatic heterocycles. The molecule has 9 heteroatoms. The van der Waals surface area contributed by atoms with Crippen molar-refractivity contribution in [3.8, 4) is 0 Å². The molecule has 1 amide bonds. The number of anilines is 1. The summed E-state index contributed by atoms with van der Waals surface area (Å²) in [4.78, 5) is 28.8. The van der Waals surface area contributed by atoms with Crippen molar-refractivity contribution >= 4 is 51.4 Å². The number of Topliss-reactive ketones (excluding diaryl/α,β-unsaturated/α-hetero) is 1. The molecule has 6 nitrogen and oxygen atoms in total. The lowest BCUT2D eigenvalue weighted by Gasteiger charge is -2.37. The number of carbonyl (C=O) groups excluding carboxylic acids is 2. The largest absolute Gasteiger partial charge is 0.483 e. The zero-order valence-corrected chi connectivity index (χ0v) is 20.1. The number of hydrogen-bond acceptors (Lipinski definition) is 6. The van der Waals surface area contributed by atoms with Gasteiger partial charge in [-0.25, -0.2) is 0 Å². The third-order valence-corrected chi connectivity index (χ3v) is 7.81. The number of rotatable bonds is 4. The van der Waals surface area contributed by atoms with Crippen molar-refractivity contribution in [3.63, 3.8) is 0 Å². The Labute approximate surface area is 200 Å². The molecule has 2 aromatic rings. The summed E-state index contributed by atoms with van der Waals surface area (Å²) < 4.78 is 6.18. The fraction of sp³-hybridized carbons (Fsp3) is 0.478. The summed E-state index contributed by atoms with van der Waals surface area (Å²) in [6, 6.07) is 6.57. The molecule has 3 aliphatic rings. The Morgan fingerprint density at radius 2 is 1.94 bits per heavy atom. The maximum absolute atomic E-state index is 13.7. The van der Waals surface area contributed by atoms with E-state index >= 15 is 0 Å². The van der Waals surface area contributed by atoms with Crippen molar-refractivity contribution in [3.05, 3.63) is 51.2 Å². The van der Waals surface area contributed by atoms with Crippen molar-refractivity contribution < 1.29 is 14.3 Å². The van der Waals surface area contributed by atoms with Crippen molar-refractivity contribution in [1.29, 1.82) is 0 Å². The van der Waals surface area contributed by atoms with Crippen LogP contribution in [0.2, 0.25) is 5.02 Å². The van der Waals surface area contributed by atoms with Gasteiger partial charge >= 0.3 is 0 Å². The first-order valence-electron chi connectivity index (χ1n) is 10.8. The topological polar surface area (TPSA) is 72.4 Å². The molecule has 1 aromatic carbocycles. The lowest BCUT2D eigenvalue weighted by atomic mass is 9.77. The second kappa shape index (κ2) is 8.43. The van der Waals surface area contributed by atoms with Crippen molar-refractivity contribution in [2.45, 2.75) is 57.1 Å². The van der Waals surface area contributed by atoms with Crippen LogP contribution in [0.3, 0.4) is 0 Å². The van der Waals surface area contributed by atoms with Crippen LogP contribution in [-0.4, -0.2) is 33.4 Å². The minimum Gasteiger partial charge on any atom is -0.483 e. The molecule has 1 aliphatic carbocycles. The summed E-state index contributed by atoms with van der Waals surface area (Å²) in [7, 11) is 0. The zero-order valence-electron chi connectivity index (χ0n) is 17.8. The molecule has 0 saturated heterocycles. The lowest BCUT2D eigenvalue weighted by molar-refractivity contribution is -0.131. The number of hydrogen-bond donors (Lipinski definition) is 0. The number of ether oxygens (including phenoxy) is 1. The number of nitrogens with zero attached hydrogens (tertiary/aromatic N) is 3. The lowest BCUT2D eigenvalue weighted by Crippen LogP contribution is -2.41. The molecule has 1 fully saturated rings. The van der Waals surface area contributed by atoms with Crippen LogP contribution in [0.1, 0.15) is 49.7 Å². The predicted molar refractivity (Wildman–Crippen MR) is 124 cm³/mol. The van der Waals surface area contributed by atoms with Crippen LogP contribution < -0.4 is 4.90 Å². The third-order valence-electron chi connectivity index (χ3n) is 6.21. The molecule has 168 valence electrons. The highest BCUT2D eigenvalue weighted by Gasteiger charge is 2.53. The van der Waals surface area contributed by atoms with Gasteiger partial charge in [0.05, 0.1) is 17.5 Å². The van der Waals surface area contributed by atoms with Crippen LogP contribution in [-0.2, 0) is 20.7 Å². The van der Waals surface area contributed by atoms with E-state index in [1.807, 2.05) is 12.1 Å². The van der Waals surface area contributed by atoms with Gasteiger partial charge in [-0.15, -0.1) is 21.8 Å². The van der Waals surface area contributed by atoms with Crippen molar-refractivity contribution in [2.75, 3.05) is 4.90 Å². The van der Waals surface area contributed by atoms with Crippen LogP contribution in [0.25, 0.3) is 0 Å². The molecule has 0 spiro atoms. The van der Waals surface area contributed by atoms with Crippen LogP contribution in [0.15, 0.2) is 35.6 Å². The maximum atomic E-state index is 13.7. The van der Waals surface area contributed by atoms with Crippen LogP contribution >= 0.6 is 34.5 Å². The number of halogens is 2. The molecular formula is C23H23Cl2N3O3S. The molecule has 4 atom stereocenters. The summed E-state index contributed by atoms with van der Waals surface area (Å²) in [5.41, 5.74) is 1.17. The molecule has 0 bridgehead atoms. The molecule has 0 radical (unpaired) electrons. The normalized spacial score (nSPS) is 27.6. The Balaban J connectivity index is 1.59. The van der Waals surface area contributed by atoms with Crippen LogP contribution in [0.5, 0.6) is 0 Å². The van der Waals surface area contributed by atoms with Gasteiger partial charge in [0, 0.05) is 16.8 Å². The fourth-order valence-electron chi connectivity index (χ4n) is 4.75. The van der Waals surface area contributed by atoms with Gasteiger partial charge < -0.3 is 4.74 Å². The van der Waals surface area contributed by atoms with E-state index in [1.165, 1.54) is 11.3 Å². The Kier molecular flexibility index (Phi) is 5.76. The maximum Gasteiger partial charge on any atom is 0.296 e. The first-order chi connectivity index (χ1) is 15.3. The number of amides is 1. The zero-order chi connectivity index (χ0) is 22.6. The first-order valence-corrected chi connectivity index (χ1v) is 12.5. The molecule has 5 rings (SSSR count). The van der Waals surface area contributed by atoms with E-state index < -0.39 is 6.04 Å². The van der Waals surface area contributed by atoms with Crippen molar-refractivity contribution in [1.82, 2.24) is 10.2 Å². The van der Waals surface area contributed by atoms with E-state index in [-0.39, 0.29) is 34.8 Å². The van der Waals surface area contributed by atoms with Gasteiger partial charge in [0.2, 0.25) is 5.13 Å². The molecule has 1 saturated carbocycles. The van der Waals surface area contributed by atoms with Gasteiger partial charge in [-0.05, 0) is 42.9 Å². The SMILES string of the molecule is CC(C)Cc1nnc(N2C(=O)C3=C(C(=O)C4CC(Cl)CCC4O3)C2c2ccc(Cl)cc2)s1. The number of aromatic nitrogens is 2. The van der Waals surface area contributed by atoms with Gasteiger partial charge in [-0.1, -0.05) is 48.9 Å². The standard InChI is InChI=1S/C23H23Cl2N3O3S/c1-11(2)9-17-26-27-23(32-17)28-19(12-3-5-13(24)6-4-12)18-20(29)15-10-14(25)7-8-16(15)31-21(18)22(28)30/h3-6,11,14-16,19H,7-10H2,1-2H3. The smallest absolute Gasteiger partial charge is 0.296 e. The van der Waals surface area contributed by atoms with Gasteiger partial charge in [-0.2, -0.15) is 0 Å². The van der Waals surface area contributed by atoms with Gasteiger partial charge in [0.15, 0.2) is 11.5 Å². The average Bonchev–Trinajstić information content (AvgIpc) is 3.31. The monoisotopic (exact) mass is 491 g/mol. The quantitative estimate of drug-likeness (QED) is 0.555. The van der Waals surface area contributed by atoms with Crippen LogP contribution in [0, 0.1) is 11.8 Å². The second-order valence-corrected chi connectivity index (χ2v) is 11.1. The Hall–Kier alpha value is -1.96. The molecule has 4 unspecified atom stereocenters. The summed E-state index contributed by atoms with van der Waals surface area (Å²) in [5, 5.41) is 10.4. The molecule has 1 aromatic heterocycles. The van der Waals surface area contributed by atoms with Gasteiger partial charge in [0.25, 0.3) is 5.91 Å². The van der Waals surface area contributed by atoms with Gasteiger partial charge in [0.1, 0.15) is 11.1 Å². The number of benzene rings is 1. The Bertz CT molecular complexity index is 1100. The van der Waals surface area contributed by atoms with Gasteiger partial charge in [-0.3, -0.25) is 14.5 Å². The number of carbonyl (C=O) groups is 2. The summed E-state index contributed by atoms with van der Waals surface area (Å²) in [6.07, 6.45) is 2.46. The highest BCUT2D eigenvalue weighted by molar-refractivity contribution is 7.15. The number of alkyl halides is 1. The fourth-order valence-corrected chi connectivity index (χ4v) is 6.27. The van der Waals surface area contributed by atoms with E-state index in [1.54, 1.807) is 17.0 Å². The summed E-state index contributed by atoms with van der Waals surface area (Å²) in [5.74, 6) is -0.167. The number of fused-ring (bicyclic) bond motifs is 1. The van der Waals surface area contributed by atoms with E-state index in [4.69, 9.17) is 27.9 Å². The minimum absolute atomic E-state index is 0.0516. The Morgan fingerprint density at radius 3 is 2.66 bits per heavy atom. The minimum atomic E-state index is -0.626. The highest BCUT2D eigenvalue weighted by atomic mass is 35.5. The number of ketones is 1. The van der Waals surface area contributed by atoms with E-state index in [2.05, 4.69) is 24.0 Å². The molecule has 32 heavy (non-hydrogen) atoms.